The van der Waals surface area contributed by atoms with Crippen LogP contribution in [0.1, 0.15) is 6.42 Å². The lowest BCUT2D eigenvalue weighted by Gasteiger charge is -2.02. The second kappa shape index (κ2) is 5.14. The molecule has 0 spiro atoms. The Kier molecular flexibility index (Phi) is 5.33. The molecule has 54 valence electrons. The van der Waals surface area contributed by atoms with Crippen molar-refractivity contribution in [2.75, 3.05) is 12.3 Å². The molecule has 0 aromatic carbocycles. The molecular formula is C5H11NOS2. The summed E-state index contributed by atoms with van der Waals surface area (Å²) >= 11 is 7.85. The van der Waals surface area contributed by atoms with Gasteiger partial charge in [-0.1, -0.05) is 0 Å². The highest BCUT2D eigenvalue weighted by Gasteiger charge is 2.04. The van der Waals surface area contributed by atoms with Crippen LogP contribution in [0.2, 0.25) is 0 Å². The Bertz CT molecular complexity index is 97.0. The lowest BCUT2D eigenvalue weighted by Crippen LogP contribution is -2.18. The summed E-state index contributed by atoms with van der Waals surface area (Å²) in [6.07, 6.45) is 0.434. The summed E-state index contributed by atoms with van der Waals surface area (Å²) < 4.78 is 0. The molecule has 0 rings (SSSR count). The van der Waals surface area contributed by atoms with Crippen molar-refractivity contribution in [1.82, 2.24) is 0 Å². The van der Waals surface area contributed by atoms with Crippen LogP contribution >= 0.6 is 25.3 Å². The molecule has 0 bridgehead atoms. The van der Waals surface area contributed by atoms with Crippen LogP contribution in [0.3, 0.4) is 0 Å². The summed E-state index contributed by atoms with van der Waals surface area (Å²) in [5.74, 6) is 0.389. The first-order chi connectivity index (χ1) is 4.20. The summed E-state index contributed by atoms with van der Waals surface area (Å²) in [6.45, 7) is 0.447. The Morgan fingerprint density at radius 2 is 2.22 bits per heavy atom. The Balaban J connectivity index is 3.34. The fourth-order valence-corrected chi connectivity index (χ4v) is 0.743. The first-order valence-corrected chi connectivity index (χ1v) is 3.86. The van der Waals surface area contributed by atoms with Crippen LogP contribution in [0.4, 0.5) is 0 Å². The highest BCUT2D eigenvalue weighted by Crippen LogP contribution is 1.99. The molecule has 0 fully saturated rings. The van der Waals surface area contributed by atoms with E-state index >= 15 is 0 Å². The SMILES string of the molecule is NC[C@H](S)CC(=O)CS. The second-order valence-electron chi connectivity index (χ2n) is 1.79. The van der Waals surface area contributed by atoms with Gasteiger partial charge in [0.05, 0.1) is 0 Å². The normalized spacial score (nSPS) is 13.2. The number of ketones is 1. The highest BCUT2D eigenvalue weighted by molar-refractivity contribution is 7.81. The van der Waals surface area contributed by atoms with Crippen molar-refractivity contribution in [3.05, 3.63) is 0 Å². The zero-order valence-electron chi connectivity index (χ0n) is 5.08. The first-order valence-electron chi connectivity index (χ1n) is 2.71. The van der Waals surface area contributed by atoms with Gasteiger partial charge in [-0.2, -0.15) is 25.3 Å². The van der Waals surface area contributed by atoms with Crippen molar-refractivity contribution >= 4 is 31.0 Å². The van der Waals surface area contributed by atoms with Crippen LogP contribution in [-0.4, -0.2) is 23.3 Å². The van der Waals surface area contributed by atoms with E-state index in [1.165, 1.54) is 0 Å². The quantitative estimate of drug-likeness (QED) is 0.519. The predicted molar refractivity (Wildman–Crippen MR) is 45.3 cm³/mol. The second-order valence-corrected chi connectivity index (χ2v) is 2.84. The van der Waals surface area contributed by atoms with Crippen LogP contribution in [0, 0.1) is 0 Å². The Morgan fingerprint density at radius 3 is 2.56 bits per heavy atom. The van der Waals surface area contributed by atoms with E-state index in [0.717, 1.165) is 0 Å². The monoisotopic (exact) mass is 165 g/mol. The van der Waals surface area contributed by atoms with E-state index in [0.29, 0.717) is 13.0 Å². The van der Waals surface area contributed by atoms with Crippen LogP contribution < -0.4 is 5.73 Å². The Labute approximate surface area is 66.0 Å². The van der Waals surface area contributed by atoms with Gasteiger partial charge < -0.3 is 5.73 Å². The van der Waals surface area contributed by atoms with Gasteiger partial charge in [0.25, 0.3) is 0 Å². The Hall–Kier alpha value is 0.330. The van der Waals surface area contributed by atoms with Gasteiger partial charge in [0, 0.05) is 24.0 Å². The van der Waals surface area contributed by atoms with E-state index in [4.69, 9.17) is 5.73 Å². The molecule has 0 saturated carbocycles. The minimum Gasteiger partial charge on any atom is -0.329 e. The summed E-state index contributed by atoms with van der Waals surface area (Å²) in [6, 6.07) is 0. The maximum atomic E-state index is 10.6. The largest absolute Gasteiger partial charge is 0.329 e. The third-order valence-electron chi connectivity index (χ3n) is 0.912. The van der Waals surface area contributed by atoms with Crippen molar-refractivity contribution in [2.24, 2.45) is 5.73 Å². The average molecular weight is 165 g/mol. The van der Waals surface area contributed by atoms with Crippen LogP contribution in [0.5, 0.6) is 0 Å². The third kappa shape index (κ3) is 4.81. The van der Waals surface area contributed by atoms with Gasteiger partial charge in [-0.05, 0) is 0 Å². The standard InChI is InChI=1S/C5H11NOS2/c6-2-5(9)1-4(7)3-8/h5,8-9H,1-3,6H2/t5-/m1/s1. The van der Waals surface area contributed by atoms with Crippen molar-refractivity contribution in [3.8, 4) is 0 Å². The van der Waals surface area contributed by atoms with E-state index in [1.54, 1.807) is 0 Å². The summed E-state index contributed by atoms with van der Waals surface area (Å²) in [4.78, 5) is 10.6. The Morgan fingerprint density at radius 1 is 1.67 bits per heavy atom. The molecule has 4 heteroatoms. The van der Waals surface area contributed by atoms with Gasteiger partial charge in [-0.3, -0.25) is 4.79 Å². The molecule has 2 N–H and O–H groups in total. The number of hydrogen-bond acceptors (Lipinski definition) is 4. The minimum absolute atomic E-state index is 0.00431. The van der Waals surface area contributed by atoms with Crippen LogP contribution in [0.25, 0.3) is 0 Å². The van der Waals surface area contributed by atoms with E-state index in [9.17, 15) is 4.79 Å². The molecule has 0 amide bonds. The number of nitrogens with two attached hydrogens (primary N) is 1. The number of rotatable bonds is 4. The number of carbonyl (C=O) groups excluding carboxylic acids is 1. The van der Waals surface area contributed by atoms with Crippen molar-refractivity contribution in [1.29, 1.82) is 0 Å². The molecule has 0 saturated heterocycles. The molecule has 1 atom stereocenters. The van der Waals surface area contributed by atoms with Crippen molar-refractivity contribution in [2.45, 2.75) is 11.7 Å². The lowest BCUT2D eigenvalue weighted by atomic mass is 10.2. The first kappa shape index (κ1) is 9.33. The molecule has 0 radical (unpaired) electrons. The van der Waals surface area contributed by atoms with Crippen molar-refractivity contribution in [3.63, 3.8) is 0 Å². The van der Waals surface area contributed by atoms with Crippen molar-refractivity contribution < 1.29 is 4.79 Å². The molecule has 0 aliphatic carbocycles. The molecule has 0 aromatic rings. The minimum atomic E-state index is 0.00431. The predicted octanol–water partition coefficient (Wildman–Crippen LogP) is 0.132. The molecule has 9 heavy (non-hydrogen) atoms. The van der Waals surface area contributed by atoms with Crippen LogP contribution in [0.15, 0.2) is 0 Å². The number of carbonyl (C=O) groups is 1. The zero-order chi connectivity index (χ0) is 7.28. The van der Waals surface area contributed by atoms with E-state index in [-0.39, 0.29) is 16.8 Å². The van der Waals surface area contributed by atoms with Gasteiger partial charge in [-0.25, -0.2) is 0 Å². The maximum absolute atomic E-state index is 10.6. The number of hydrogen-bond donors (Lipinski definition) is 3. The average Bonchev–Trinajstić information content (AvgIpc) is 1.87. The van der Waals surface area contributed by atoms with E-state index < -0.39 is 0 Å². The van der Waals surface area contributed by atoms with Gasteiger partial charge in [0.15, 0.2) is 0 Å². The molecule has 0 aromatic heterocycles. The van der Waals surface area contributed by atoms with Crippen LogP contribution in [-0.2, 0) is 4.79 Å². The highest BCUT2D eigenvalue weighted by atomic mass is 32.1. The topological polar surface area (TPSA) is 43.1 Å². The summed E-state index contributed by atoms with van der Waals surface area (Å²) in [5, 5.41) is 0.00431. The van der Waals surface area contributed by atoms with Gasteiger partial charge in [0.1, 0.15) is 5.78 Å². The van der Waals surface area contributed by atoms with Gasteiger partial charge in [-0.15, -0.1) is 0 Å². The van der Waals surface area contributed by atoms with Gasteiger partial charge >= 0.3 is 0 Å². The molecule has 0 aliphatic rings. The molecule has 0 unspecified atom stereocenters. The molecular weight excluding hydrogens is 154 g/mol. The fourth-order valence-electron chi connectivity index (χ4n) is 0.411. The number of Topliss-reactive ketones (excluding diaryl/α,β-unsaturated/α-hetero) is 1. The van der Waals surface area contributed by atoms with Gasteiger partial charge in [0.2, 0.25) is 0 Å². The fraction of sp³-hybridized carbons (Fsp3) is 0.800. The third-order valence-corrected chi connectivity index (χ3v) is 1.66. The van der Waals surface area contributed by atoms with E-state index in [2.05, 4.69) is 25.3 Å². The van der Waals surface area contributed by atoms with E-state index in [1.807, 2.05) is 0 Å². The number of thiol groups is 2. The summed E-state index contributed by atoms with van der Waals surface area (Å²) in [5.41, 5.74) is 5.22. The zero-order valence-corrected chi connectivity index (χ0v) is 6.87. The summed E-state index contributed by atoms with van der Waals surface area (Å²) in [7, 11) is 0. The lowest BCUT2D eigenvalue weighted by molar-refractivity contribution is -0.116. The molecule has 2 nitrogen and oxygen atoms in total. The molecule has 0 aliphatic heterocycles. The molecule has 0 heterocycles. The smallest absolute Gasteiger partial charge is 0.143 e. The maximum Gasteiger partial charge on any atom is 0.143 e.